The van der Waals surface area contributed by atoms with Crippen molar-refractivity contribution in [3.05, 3.63) is 101 Å². The van der Waals surface area contributed by atoms with Gasteiger partial charge < -0.3 is 14.7 Å². The van der Waals surface area contributed by atoms with Crippen molar-refractivity contribution in [1.29, 1.82) is 0 Å². The zero-order valence-corrected chi connectivity index (χ0v) is 26.9. The molecule has 49 heavy (non-hydrogen) atoms. The quantitative estimate of drug-likeness (QED) is 0.189. The van der Waals surface area contributed by atoms with E-state index in [2.05, 4.69) is 0 Å². The van der Waals surface area contributed by atoms with Crippen molar-refractivity contribution in [2.24, 2.45) is 11.8 Å². The van der Waals surface area contributed by atoms with Gasteiger partial charge >= 0.3 is 12.1 Å². The molecule has 15 heteroatoms. The van der Waals surface area contributed by atoms with Gasteiger partial charge in [0.15, 0.2) is 15.4 Å². The number of alkyl halides is 3. The molecule has 2 fully saturated rings. The van der Waals surface area contributed by atoms with Gasteiger partial charge in [-0.1, -0.05) is 18.2 Å². The summed E-state index contributed by atoms with van der Waals surface area (Å²) in [7, 11) is -4.58. The lowest BCUT2D eigenvalue weighted by molar-refractivity contribution is -0.282. The van der Waals surface area contributed by atoms with Crippen molar-refractivity contribution in [3.63, 3.8) is 0 Å². The second kappa shape index (κ2) is 13.4. The summed E-state index contributed by atoms with van der Waals surface area (Å²) >= 11 is 0. The monoisotopic (exact) mass is 715 g/mol. The normalized spacial score (nSPS) is 22.9. The molecule has 3 aromatic rings. The predicted octanol–water partition coefficient (Wildman–Crippen LogP) is 7.03. The molecular formula is C34H32F7NO6S. The van der Waals surface area contributed by atoms with Crippen LogP contribution in [-0.4, -0.2) is 49.6 Å². The highest BCUT2D eigenvalue weighted by Crippen LogP contribution is 2.48. The van der Waals surface area contributed by atoms with E-state index in [1.165, 1.54) is 4.90 Å². The first-order valence-electron chi connectivity index (χ1n) is 15.4. The molecular weight excluding hydrogens is 683 g/mol. The van der Waals surface area contributed by atoms with Gasteiger partial charge in [0.2, 0.25) is 5.91 Å². The van der Waals surface area contributed by atoms with Gasteiger partial charge in [0, 0.05) is 30.1 Å². The van der Waals surface area contributed by atoms with E-state index in [1.807, 2.05) is 0 Å². The lowest BCUT2D eigenvalue weighted by Gasteiger charge is -2.35. The number of carboxylic acid groups (broad SMARTS) is 1. The van der Waals surface area contributed by atoms with Crippen LogP contribution in [0, 0.1) is 35.1 Å². The molecule has 0 spiro atoms. The third-order valence-corrected chi connectivity index (χ3v) is 12.2. The standard InChI is InChI=1S/C34H32F7NO6S/c1-32(34(39,40)41,48-18-25-27(36)3-2-4-28(25)37)26-14-9-22(17-29(26)38)33(49(46,47)24-12-10-23(35)11-13-24)15-16-42(19-33)30(43)20-5-7-21(8-6-20)31(44)45/h2-4,9-14,17,20-21H,5-8,15-16,18-19H2,1H3,(H,44,45)/t20-,21-,32?,33-/m0/s1. The topological polar surface area (TPSA) is 101 Å². The van der Waals surface area contributed by atoms with Crippen LogP contribution in [0.1, 0.15) is 55.7 Å². The number of hydrogen-bond donors (Lipinski definition) is 1. The van der Waals surface area contributed by atoms with Crippen LogP contribution in [0.15, 0.2) is 65.6 Å². The molecule has 0 radical (unpaired) electrons. The molecule has 1 saturated carbocycles. The van der Waals surface area contributed by atoms with Gasteiger partial charge in [-0.3, -0.25) is 9.59 Å². The molecule has 264 valence electrons. The Balaban J connectivity index is 1.53. The molecule has 1 unspecified atom stereocenters. The van der Waals surface area contributed by atoms with Crippen LogP contribution in [0.2, 0.25) is 0 Å². The molecule has 0 bridgehead atoms. The molecule has 2 atom stereocenters. The Kier molecular flexibility index (Phi) is 9.92. The maximum absolute atomic E-state index is 16.0. The van der Waals surface area contributed by atoms with Gasteiger partial charge in [-0.15, -0.1) is 0 Å². The lowest BCUT2D eigenvalue weighted by Crippen LogP contribution is -2.44. The van der Waals surface area contributed by atoms with Gasteiger partial charge in [-0.25, -0.2) is 26.0 Å². The average Bonchev–Trinajstić information content (AvgIpc) is 3.51. The molecule has 1 N–H and O–H groups in total. The summed E-state index contributed by atoms with van der Waals surface area (Å²) in [5, 5.41) is 9.31. The predicted molar refractivity (Wildman–Crippen MR) is 160 cm³/mol. The number of amides is 1. The Bertz CT molecular complexity index is 1820. The number of carboxylic acids is 1. The number of sulfone groups is 1. The van der Waals surface area contributed by atoms with Crippen molar-refractivity contribution in [2.45, 2.75) is 67.1 Å². The number of carbonyl (C=O) groups is 2. The Morgan fingerprint density at radius 3 is 2.04 bits per heavy atom. The number of ether oxygens (including phenoxy) is 1. The van der Waals surface area contributed by atoms with Crippen LogP contribution in [0.3, 0.4) is 0 Å². The van der Waals surface area contributed by atoms with Crippen LogP contribution in [-0.2, 0) is 41.1 Å². The smallest absolute Gasteiger partial charge is 0.421 e. The third kappa shape index (κ3) is 6.66. The van der Waals surface area contributed by atoms with Crippen molar-refractivity contribution in [2.75, 3.05) is 13.1 Å². The second-order valence-electron chi connectivity index (χ2n) is 12.6. The molecule has 2 aliphatic rings. The van der Waals surface area contributed by atoms with E-state index in [1.54, 1.807) is 0 Å². The molecule has 1 aliphatic carbocycles. The first-order valence-corrected chi connectivity index (χ1v) is 16.9. The summed E-state index contributed by atoms with van der Waals surface area (Å²) < 4.78 is 133. The largest absolute Gasteiger partial charge is 0.481 e. The number of hydrogen-bond acceptors (Lipinski definition) is 5. The number of nitrogens with zero attached hydrogens (tertiary/aromatic N) is 1. The first-order chi connectivity index (χ1) is 22.9. The fourth-order valence-corrected chi connectivity index (χ4v) is 8.72. The minimum absolute atomic E-state index is 0.126. The SMILES string of the molecule is CC(OCc1c(F)cccc1F)(c1ccc([C@]2(S(=O)(=O)c3ccc(F)cc3)CCN(C(=O)[C@H]3CC[C@H](C(=O)O)CC3)C2)cc1F)C(F)(F)F. The van der Waals surface area contributed by atoms with Gasteiger partial charge in [0.25, 0.3) is 0 Å². The van der Waals surface area contributed by atoms with Crippen LogP contribution in [0.25, 0.3) is 0 Å². The summed E-state index contributed by atoms with van der Waals surface area (Å²) in [5.74, 6) is -7.25. The fourth-order valence-electron chi connectivity index (χ4n) is 6.65. The summed E-state index contributed by atoms with van der Waals surface area (Å²) in [6.45, 7) is -1.38. The number of carbonyl (C=O) groups excluding carboxylic acids is 1. The fraction of sp³-hybridized carbons (Fsp3) is 0.412. The van der Waals surface area contributed by atoms with E-state index < -0.39 is 97.6 Å². The van der Waals surface area contributed by atoms with Crippen LogP contribution in [0.5, 0.6) is 0 Å². The number of rotatable bonds is 9. The minimum atomic E-state index is -5.31. The number of benzene rings is 3. The number of likely N-dealkylation sites (tertiary alicyclic amines) is 1. The van der Waals surface area contributed by atoms with Crippen LogP contribution in [0.4, 0.5) is 30.7 Å². The summed E-state index contributed by atoms with van der Waals surface area (Å²) in [5.41, 5.74) is -5.63. The Labute approximate surface area is 277 Å². The summed E-state index contributed by atoms with van der Waals surface area (Å²) in [4.78, 5) is 25.8. The van der Waals surface area contributed by atoms with E-state index in [-0.39, 0.29) is 49.1 Å². The Morgan fingerprint density at radius 2 is 1.49 bits per heavy atom. The van der Waals surface area contributed by atoms with Crippen LogP contribution < -0.4 is 0 Å². The maximum Gasteiger partial charge on any atom is 0.421 e. The van der Waals surface area contributed by atoms with E-state index in [4.69, 9.17) is 4.74 Å². The third-order valence-electron chi connectivity index (χ3n) is 9.72. The molecule has 1 saturated heterocycles. The van der Waals surface area contributed by atoms with Gasteiger partial charge in [-0.05, 0) is 87.1 Å². The van der Waals surface area contributed by atoms with E-state index >= 15 is 4.39 Å². The lowest BCUT2D eigenvalue weighted by atomic mass is 9.81. The van der Waals surface area contributed by atoms with Gasteiger partial charge in [0.05, 0.1) is 17.4 Å². The number of halogens is 7. The maximum atomic E-state index is 16.0. The minimum Gasteiger partial charge on any atom is -0.481 e. The van der Waals surface area contributed by atoms with E-state index in [0.717, 1.165) is 48.5 Å². The van der Waals surface area contributed by atoms with Gasteiger partial charge in [0.1, 0.15) is 28.0 Å². The van der Waals surface area contributed by atoms with Crippen molar-refractivity contribution in [1.82, 2.24) is 4.90 Å². The Morgan fingerprint density at radius 1 is 0.898 bits per heavy atom. The zero-order chi connectivity index (χ0) is 35.9. The highest BCUT2D eigenvalue weighted by atomic mass is 32.2. The number of aliphatic carboxylic acids is 1. The van der Waals surface area contributed by atoms with Gasteiger partial charge in [-0.2, -0.15) is 13.2 Å². The molecule has 1 amide bonds. The van der Waals surface area contributed by atoms with Crippen LogP contribution >= 0.6 is 0 Å². The molecule has 5 rings (SSSR count). The molecule has 1 heterocycles. The molecule has 1 aliphatic heterocycles. The van der Waals surface area contributed by atoms with Crippen molar-refractivity contribution < 1.29 is 58.6 Å². The van der Waals surface area contributed by atoms with E-state index in [0.29, 0.717) is 19.1 Å². The zero-order valence-electron chi connectivity index (χ0n) is 26.1. The van der Waals surface area contributed by atoms with Crippen molar-refractivity contribution in [3.8, 4) is 0 Å². The van der Waals surface area contributed by atoms with E-state index in [9.17, 15) is 49.5 Å². The summed E-state index contributed by atoms with van der Waals surface area (Å²) in [6, 6.07) is 8.70. The molecule has 3 aromatic carbocycles. The highest BCUT2D eigenvalue weighted by Gasteiger charge is 2.57. The highest BCUT2D eigenvalue weighted by molar-refractivity contribution is 7.92. The summed E-state index contributed by atoms with van der Waals surface area (Å²) in [6.07, 6.45) is -4.61. The Hall–Kier alpha value is -3.98. The average molecular weight is 716 g/mol. The second-order valence-corrected chi connectivity index (χ2v) is 14.8. The molecule has 7 nitrogen and oxygen atoms in total. The first kappa shape index (κ1) is 36.3. The molecule has 0 aromatic heterocycles. The van der Waals surface area contributed by atoms with Crippen molar-refractivity contribution >= 4 is 21.7 Å².